The molecule has 0 saturated heterocycles. The Morgan fingerprint density at radius 1 is 1.00 bits per heavy atom. The lowest BCUT2D eigenvalue weighted by atomic mass is 10.1. The zero-order valence-corrected chi connectivity index (χ0v) is 18.9. The number of nitrogens with zero attached hydrogens (tertiary/aromatic N) is 4. The van der Waals surface area contributed by atoms with Gasteiger partial charge in [-0.05, 0) is 80.0 Å². The van der Waals surface area contributed by atoms with Crippen molar-refractivity contribution in [2.24, 2.45) is 0 Å². The summed E-state index contributed by atoms with van der Waals surface area (Å²) in [6.45, 7) is 1.57. The van der Waals surface area contributed by atoms with Crippen LogP contribution in [0, 0.1) is 21.0 Å². The molecular formula is C20H21F3IN5O. The van der Waals surface area contributed by atoms with Gasteiger partial charge in [0.05, 0.1) is 16.9 Å². The summed E-state index contributed by atoms with van der Waals surface area (Å²) >= 11 is 1.96. The summed E-state index contributed by atoms with van der Waals surface area (Å²) in [5, 5.41) is 10.6. The Hall–Kier alpha value is -2.34. The third-order valence-electron chi connectivity index (χ3n) is 4.36. The van der Waals surface area contributed by atoms with E-state index in [1.807, 2.05) is 36.7 Å². The molecule has 1 N–H and O–H groups in total. The fourth-order valence-electron chi connectivity index (χ4n) is 2.77. The predicted molar refractivity (Wildman–Crippen MR) is 118 cm³/mol. The van der Waals surface area contributed by atoms with Gasteiger partial charge >= 0.3 is 6.01 Å². The summed E-state index contributed by atoms with van der Waals surface area (Å²) in [6, 6.07) is 6.91. The maximum absolute atomic E-state index is 14.6. The number of hydrogen-bond donors (Lipinski definition) is 1. The van der Waals surface area contributed by atoms with Crippen LogP contribution in [0.5, 0.6) is 0 Å². The SMILES string of the molecule is CN(C)CCCN(C)c1nnc(-c2ccc(F)c(F)c2Nc2ccc(I)cc2F)o1. The zero-order valence-electron chi connectivity index (χ0n) is 16.7. The topological polar surface area (TPSA) is 57.4 Å². The van der Waals surface area contributed by atoms with Crippen molar-refractivity contribution in [3.63, 3.8) is 0 Å². The van der Waals surface area contributed by atoms with Crippen molar-refractivity contribution in [1.82, 2.24) is 15.1 Å². The van der Waals surface area contributed by atoms with Crippen LogP contribution in [0.25, 0.3) is 11.5 Å². The Bertz CT molecular complexity index is 1030. The molecular weight excluding hydrogens is 510 g/mol. The lowest BCUT2D eigenvalue weighted by molar-refractivity contribution is 0.399. The molecule has 0 bridgehead atoms. The number of halogens is 4. The van der Waals surface area contributed by atoms with Gasteiger partial charge in [-0.1, -0.05) is 5.10 Å². The van der Waals surface area contributed by atoms with Crippen molar-refractivity contribution < 1.29 is 17.6 Å². The number of rotatable bonds is 8. The van der Waals surface area contributed by atoms with E-state index in [9.17, 15) is 13.2 Å². The summed E-state index contributed by atoms with van der Waals surface area (Å²) in [5.41, 5.74) is -0.144. The van der Waals surface area contributed by atoms with Crippen molar-refractivity contribution in [1.29, 1.82) is 0 Å². The first-order valence-corrected chi connectivity index (χ1v) is 10.2. The minimum absolute atomic E-state index is 0.00158. The largest absolute Gasteiger partial charge is 0.403 e. The summed E-state index contributed by atoms with van der Waals surface area (Å²) in [4.78, 5) is 3.85. The lowest BCUT2D eigenvalue weighted by Crippen LogP contribution is -2.23. The van der Waals surface area contributed by atoms with E-state index in [4.69, 9.17) is 4.42 Å². The molecule has 0 amide bonds. The van der Waals surface area contributed by atoms with E-state index >= 15 is 0 Å². The van der Waals surface area contributed by atoms with Gasteiger partial charge in [0.15, 0.2) is 11.6 Å². The smallest absolute Gasteiger partial charge is 0.318 e. The normalized spacial score (nSPS) is 11.2. The molecule has 0 aliphatic heterocycles. The van der Waals surface area contributed by atoms with E-state index < -0.39 is 17.5 Å². The van der Waals surface area contributed by atoms with E-state index in [-0.39, 0.29) is 28.8 Å². The van der Waals surface area contributed by atoms with Crippen molar-refractivity contribution >= 4 is 40.0 Å². The Balaban J connectivity index is 1.89. The molecule has 30 heavy (non-hydrogen) atoms. The summed E-state index contributed by atoms with van der Waals surface area (Å²) in [6.07, 6.45) is 0.880. The first-order chi connectivity index (χ1) is 14.3. The molecule has 160 valence electrons. The average Bonchev–Trinajstić information content (AvgIpc) is 3.17. The molecule has 0 aliphatic rings. The second-order valence-corrected chi connectivity index (χ2v) is 8.25. The number of nitrogens with one attached hydrogen (secondary N) is 1. The third kappa shape index (κ3) is 5.22. The van der Waals surface area contributed by atoms with Crippen LogP contribution in [0.4, 0.5) is 30.6 Å². The van der Waals surface area contributed by atoms with Crippen molar-refractivity contribution in [3.8, 4) is 11.5 Å². The van der Waals surface area contributed by atoms with E-state index in [1.54, 1.807) is 18.0 Å². The number of benzene rings is 2. The van der Waals surface area contributed by atoms with Gasteiger partial charge in [0, 0.05) is 17.2 Å². The van der Waals surface area contributed by atoms with Crippen LogP contribution in [-0.2, 0) is 0 Å². The molecule has 0 radical (unpaired) electrons. The fraction of sp³-hybridized carbons (Fsp3) is 0.300. The van der Waals surface area contributed by atoms with E-state index in [0.29, 0.717) is 10.1 Å². The van der Waals surface area contributed by atoms with Crippen LogP contribution in [-0.4, -0.2) is 49.3 Å². The molecule has 2 aromatic carbocycles. The second kappa shape index (κ2) is 9.65. The van der Waals surface area contributed by atoms with Crippen molar-refractivity contribution in [3.05, 3.63) is 51.4 Å². The molecule has 0 spiro atoms. The number of anilines is 3. The standard InChI is InChI=1S/C20H21F3IN5O/c1-28(2)9-4-10-29(3)20-27-26-19(30-20)13-6-7-14(21)17(23)18(13)25-16-8-5-12(24)11-15(16)22/h5-8,11,25H,4,9-10H2,1-3H3. The molecule has 3 rings (SSSR count). The van der Waals surface area contributed by atoms with Crippen LogP contribution in [0.3, 0.4) is 0 Å². The minimum atomic E-state index is -1.16. The molecule has 0 unspecified atom stereocenters. The summed E-state index contributed by atoms with van der Waals surface area (Å²) in [7, 11) is 5.77. The molecule has 0 atom stereocenters. The number of aromatic nitrogens is 2. The maximum Gasteiger partial charge on any atom is 0.318 e. The predicted octanol–water partition coefficient (Wildman–Crippen LogP) is 4.89. The molecule has 1 heterocycles. The van der Waals surface area contributed by atoms with Gasteiger partial charge in [0.1, 0.15) is 5.82 Å². The quantitative estimate of drug-likeness (QED) is 0.418. The molecule has 0 aliphatic carbocycles. The van der Waals surface area contributed by atoms with Crippen LogP contribution >= 0.6 is 22.6 Å². The Morgan fingerprint density at radius 2 is 1.77 bits per heavy atom. The van der Waals surface area contributed by atoms with Gasteiger partial charge in [-0.3, -0.25) is 0 Å². The highest BCUT2D eigenvalue weighted by Crippen LogP contribution is 2.35. The Morgan fingerprint density at radius 3 is 2.47 bits per heavy atom. The third-order valence-corrected chi connectivity index (χ3v) is 5.03. The van der Waals surface area contributed by atoms with E-state index in [0.717, 1.165) is 19.0 Å². The maximum atomic E-state index is 14.6. The van der Waals surface area contributed by atoms with E-state index in [1.165, 1.54) is 18.2 Å². The van der Waals surface area contributed by atoms with Crippen LogP contribution in [0.1, 0.15) is 6.42 Å². The first-order valence-electron chi connectivity index (χ1n) is 9.16. The van der Waals surface area contributed by atoms with Crippen LogP contribution < -0.4 is 10.2 Å². The monoisotopic (exact) mass is 531 g/mol. The Labute approximate surface area is 186 Å². The lowest BCUT2D eigenvalue weighted by Gasteiger charge is -2.16. The van der Waals surface area contributed by atoms with Gasteiger partial charge in [0.25, 0.3) is 5.89 Å². The first kappa shape index (κ1) is 22.3. The average molecular weight is 531 g/mol. The van der Waals surface area contributed by atoms with Crippen LogP contribution in [0.15, 0.2) is 34.7 Å². The highest BCUT2D eigenvalue weighted by Gasteiger charge is 2.21. The van der Waals surface area contributed by atoms with Gasteiger partial charge < -0.3 is 19.5 Å². The molecule has 1 aromatic heterocycles. The summed E-state index contributed by atoms with van der Waals surface area (Å²) in [5.74, 6) is -2.84. The second-order valence-electron chi connectivity index (χ2n) is 7.00. The highest BCUT2D eigenvalue weighted by molar-refractivity contribution is 14.1. The molecule has 10 heteroatoms. The minimum Gasteiger partial charge on any atom is -0.403 e. The van der Waals surface area contributed by atoms with Gasteiger partial charge in [-0.25, -0.2) is 13.2 Å². The molecule has 0 saturated carbocycles. The van der Waals surface area contributed by atoms with Crippen molar-refractivity contribution in [2.75, 3.05) is 44.4 Å². The van der Waals surface area contributed by atoms with Crippen LogP contribution in [0.2, 0.25) is 0 Å². The molecule has 3 aromatic rings. The highest BCUT2D eigenvalue weighted by atomic mass is 127. The van der Waals surface area contributed by atoms with E-state index in [2.05, 4.69) is 20.4 Å². The van der Waals surface area contributed by atoms with Gasteiger partial charge in [-0.2, -0.15) is 0 Å². The zero-order chi connectivity index (χ0) is 21.8. The fourth-order valence-corrected chi connectivity index (χ4v) is 3.23. The number of hydrogen-bond acceptors (Lipinski definition) is 6. The van der Waals surface area contributed by atoms with Crippen molar-refractivity contribution in [2.45, 2.75) is 6.42 Å². The van der Waals surface area contributed by atoms with Gasteiger partial charge in [-0.15, -0.1) is 5.10 Å². The summed E-state index contributed by atoms with van der Waals surface area (Å²) < 4.78 is 49.1. The molecule has 0 fully saturated rings. The Kier molecular flexibility index (Phi) is 7.19. The molecule has 6 nitrogen and oxygen atoms in total. The van der Waals surface area contributed by atoms with Gasteiger partial charge in [0.2, 0.25) is 0 Å².